The molecule has 3 aromatic carbocycles. The first-order valence-corrected chi connectivity index (χ1v) is 9.14. The van der Waals surface area contributed by atoms with Gasteiger partial charge in [0.05, 0.1) is 12.7 Å². The van der Waals surface area contributed by atoms with E-state index < -0.39 is 0 Å². The molecule has 4 aromatic rings. The molecule has 0 bridgehead atoms. The molecule has 0 atom stereocenters. The highest BCUT2D eigenvalue weighted by atomic mass is 19.1. The molecule has 0 saturated carbocycles. The Morgan fingerprint density at radius 1 is 0.931 bits per heavy atom. The van der Waals surface area contributed by atoms with Gasteiger partial charge in [0, 0.05) is 5.39 Å². The second-order valence-corrected chi connectivity index (χ2v) is 6.69. The van der Waals surface area contributed by atoms with Crippen LogP contribution < -0.4 is 15.1 Å². The van der Waals surface area contributed by atoms with Crippen molar-refractivity contribution in [2.45, 2.75) is 13.5 Å². The van der Waals surface area contributed by atoms with Crippen molar-refractivity contribution in [1.82, 2.24) is 0 Å². The molecule has 29 heavy (non-hydrogen) atoms. The summed E-state index contributed by atoms with van der Waals surface area (Å²) in [6.07, 6.45) is 0. The van der Waals surface area contributed by atoms with Crippen LogP contribution in [0.2, 0.25) is 0 Å². The van der Waals surface area contributed by atoms with Crippen LogP contribution in [0.4, 0.5) is 4.39 Å². The van der Waals surface area contributed by atoms with Crippen LogP contribution in [-0.4, -0.2) is 7.11 Å². The van der Waals surface area contributed by atoms with Gasteiger partial charge in [0.25, 0.3) is 0 Å². The maximum Gasteiger partial charge on any atom is 0.344 e. The number of ether oxygens (including phenoxy) is 2. The van der Waals surface area contributed by atoms with Gasteiger partial charge in [-0.3, -0.25) is 0 Å². The van der Waals surface area contributed by atoms with Crippen LogP contribution in [-0.2, 0) is 6.61 Å². The minimum absolute atomic E-state index is 0.281. The highest BCUT2D eigenvalue weighted by Crippen LogP contribution is 2.30. The third-order valence-electron chi connectivity index (χ3n) is 4.83. The first kappa shape index (κ1) is 18.7. The summed E-state index contributed by atoms with van der Waals surface area (Å²) in [5, 5.41) is 0.798. The van der Waals surface area contributed by atoms with E-state index in [1.807, 2.05) is 25.1 Å². The van der Waals surface area contributed by atoms with Gasteiger partial charge in [0.1, 0.15) is 29.5 Å². The maximum atomic E-state index is 13.0. The Bertz CT molecular complexity index is 1210. The second-order valence-electron chi connectivity index (χ2n) is 6.69. The largest absolute Gasteiger partial charge is 0.497 e. The Kier molecular flexibility index (Phi) is 5.04. The van der Waals surface area contributed by atoms with Crippen LogP contribution in [0.3, 0.4) is 0 Å². The predicted octanol–water partition coefficient (Wildman–Crippen LogP) is 5.50. The standard InChI is InChI=1S/C24H19FO4/c1-15-21-13-20(28-14-16-3-7-18(25)8-4-16)11-12-22(21)29-24(26)23(15)17-5-9-19(27-2)10-6-17/h3-13H,14H2,1-2H3. The second kappa shape index (κ2) is 7.80. The Balaban J connectivity index is 1.69. The van der Waals surface area contributed by atoms with Crippen LogP contribution in [0.25, 0.3) is 22.1 Å². The summed E-state index contributed by atoms with van der Waals surface area (Å²) < 4.78 is 29.6. The highest BCUT2D eigenvalue weighted by molar-refractivity contribution is 5.87. The van der Waals surface area contributed by atoms with E-state index in [-0.39, 0.29) is 11.4 Å². The van der Waals surface area contributed by atoms with E-state index in [1.54, 1.807) is 43.5 Å². The topological polar surface area (TPSA) is 48.7 Å². The lowest BCUT2D eigenvalue weighted by molar-refractivity contribution is 0.306. The third kappa shape index (κ3) is 3.85. The molecule has 0 radical (unpaired) electrons. The lowest BCUT2D eigenvalue weighted by atomic mass is 9.99. The monoisotopic (exact) mass is 390 g/mol. The van der Waals surface area contributed by atoms with E-state index >= 15 is 0 Å². The van der Waals surface area contributed by atoms with Crippen molar-refractivity contribution >= 4 is 11.0 Å². The van der Waals surface area contributed by atoms with Gasteiger partial charge in [-0.1, -0.05) is 24.3 Å². The number of hydrogen-bond donors (Lipinski definition) is 0. The van der Waals surface area contributed by atoms with Crippen LogP contribution >= 0.6 is 0 Å². The minimum atomic E-state index is -0.389. The molecule has 1 aromatic heterocycles. The molecule has 0 amide bonds. The molecule has 0 unspecified atom stereocenters. The Morgan fingerprint density at radius 3 is 2.31 bits per heavy atom. The van der Waals surface area contributed by atoms with Gasteiger partial charge in [0.2, 0.25) is 0 Å². The van der Waals surface area contributed by atoms with Crippen molar-refractivity contribution in [1.29, 1.82) is 0 Å². The molecule has 5 heteroatoms. The number of fused-ring (bicyclic) bond motifs is 1. The fourth-order valence-electron chi connectivity index (χ4n) is 3.26. The first-order valence-electron chi connectivity index (χ1n) is 9.14. The van der Waals surface area contributed by atoms with Gasteiger partial charge in [-0.2, -0.15) is 0 Å². The van der Waals surface area contributed by atoms with Crippen molar-refractivity contribution in [2.24, 2.45) is 0 Å². The summed E-state index contributed by atoms with van der Waals surface area (Å²) in [6.45, 7) is 2.20. The average molecular weight is 390 g/mol. The number of methoxy groups -OCH3 is 1. The predicted molar refractivity (Wildman–Crippen MR) is 110 cm³/mol. The summed E-state index contributed by atoms with van der Waals surface area (Å²) in [4.78, 5) is 12.6. The molecule has 146 valence electrons. The van der Waals surface area contributed by atoms with Crippen molar-refractivity contribution in [2.75, 3.05) is 7.11 Å². The fraction of sp³-hybridized carbons (Fsp3) is 0.125. The summed E-state index contributed by atoms with van der Waals surface area (Å²) in [5.74, 6) is 1.07. The number of halogens is 1. The van der Waals surface area contributed by atoms with Gasteiger partial charge >= 0.3 is 5.63 Å². The molecule has 0 aliphatic carbocycles. The summed E-state index contributed by atoms with van der Waals surface area (Å²) >= 11 is 0. The fourth-order valence-corrected chi connectivity index (χ4v) is 3.26. The van der Waals surface area contributed by atoms with Gasteiger partial charge in [-0.05, 0) is 66.1 Å². The van der Waals surface area contributed by atoms with Crippen LogP contribution in [0, 0.1) is 12.7 Å². The van der Waals surface area contributed by atoms with Gasteiger partial charge < -0.3 is 13.9 Å². The van der Waals surface area contributed by atoms with E-state index in [4.69, 9.17) is 13.9 Å². The number of rotatable bonds is 5. The smallest absolute Gasteiger partial charge is 0.344 e. The van der Waals surface area contributed by atoms with Gasteiger partial charge in [0.15, 0.2) is 0 Å². The van der Waals surface area contributed by atoms with E-state index in [9.17, 15) is 9.18 Å². The molecule has 0 N–H and O–H groups in total. The first-order chi connectivity index (χ1) is 14.0. The van der Waals surface area contributed by atoms with Gasteiger partial charge in [-0.25, -0.2) is 9.18 Å². The minimum Gasteiger partial charge on any atom is -0.497 e. The molecule has 0 aliphatic heterocycles. The van der Waals surface area contributed by atoms with Crippen LogP contribution in [0.15, 0.2) is 75.9 Å². The lowest BCUT2D eigenvalue weighted by Gasteiger charge is -2.11. The average Bonchev–Trinajstić information content (AvgIpc) is 2.74. The summed E-state index contributed by atoms with van der Waals surface area (Å²) in [6, 6.07) is 18.8. The zero-order chi connectivity index (χ0) is 20.4. The van der Waals surface area contributed by atoms with Gasteiger partial charge in [-0.15, -0.1) is 0 Å². The molecule has 0 spiro atoms. The molecule has 0 aliphatic rings. The van der Waals surface area contributed by atoms with Crippen molar-refractivity contribution < 1.29 is 18.3 Å². The van der Waals surface area contributed by atoms with E-state index in [1.165, 1.54) is 12.1 Å². The SMILES string of the molecule is COc1ccc(-c2c(C)c3cc(OCc4ccc(F)cc4)ccc3oc2=O)cc1. The number of hydrogen-bond acceptors (Lipinski definition) is 4. The molecule has 1 heterocycles. The molecule has 4 nitrogen and oxygen atoms in total. The van der Waals surface area contributed by atoms with E-state index in [2.05, 4.69) is 0 Å². The molecular weight excluding hydrogens is 371 g/mol. The zero-order valence-electron chi connectivity index (χ0n) is 16.1. The summed E-state index contributed by atoms with van der Waals surface area (Å²) in [5.41, 5.74) is 3.06. The maximum absolute atomic E-state index is 13.0. The van der Waals surface area contributed by atoms with Crippen LogP contribution in [0.5, 0.6) is 11.5 Å². The Hall–Kier alpha value is -3.60. The highest BCUT2D eigenvalue weighted by Gasteiger charge is 2.14. The molecule has 0 saturated heterocycles. The van der Waals surface area contributed by atoms with Crippen molar-refractivity contribution in [3.8, 4) is 22.6 Å². The summed E-state index contributed by atoms with van der Waals surface area (Å²) in [7, 11) is 1.60. The van der Waals surface area contributed by atoms with E-state index in [0.29, 0.717) is 29.3 Å². The molecule has 0 fully saturated rings. The normalized spacial score (nSPS) is 10.9. The number of benzene rings is 3. The number of aryl methyl sites for hydroxylation is 1. The lowest BCUT2D eigenvalue weighted by Crippen LogP contribution is -2.06. The third-order valence-corrected chi connectivity index (χ3v) is 4.83. The van der Waals surface area contributed by atoms with Crippen LogP contribution in [0.1, 0.15) is 11.1 Å². The Labute approximate surface area is 167 Å². The molecular formula is C24H19FO4. The molecule has 4 rings (SSSR count). The quantitative estimate of drug-likeness (QED) is 0.423. The van der Waals surface area contributed by atoms with Crippen molar-refractivity contribution in [3.63, 3.8) is 0 Å². The van der Waals surface area contributed by atoms with Crippen molar-refractivity contribution in [3.05, 3.63) is 94.1 Å². The van der Waals surface area contributed by atoms with E-state index in [0.717, 1.165) is 22.1 Å². The Morgan fingerprint density at radius 2 is 1.62 bits per heavy atom. The zero-order valence-corrected chi connectivity index (χ0v) is 16.1.